The fourth-order valence-electron chi connectivity index (χ4n) is 4.78. The minimum Gasteiger partial charge on any atom is -0.355 e. The fraction of sp³-hybridized carbons (Fsp3) is 0.545. The Morgan fingerprint density at radius 2 is 1.90 bits per heavy atom. The van der Waals surface area contributed by atoms with E-state index in [1.807, 2.05) is 30.3 Å². The van der Waals surface area contributed by atoms with Gasteiger partial charge in [0.15, 0.2) is 0 Å². The van der Waals surface area contributed by atoms with Gasteiger partial charge < -0.3 is 5.32 Å². The van der Waals surface area contributed by atoms with Gasteiger partial charge in [0, 0.05) is 37.6 Å². The summed E-state index contributed by atoms with van der Waals surface area (Å²) in [5.74, 6) is -0.259. The normalized spacial score (nSPS) is 24.9. The van der Waals surface area contributed by atoms with Crippen LogP contribution < -0.4 is 5.32 Å². The molecule has 4 rings (SSSR count). The lowest BCUT2D eigenvalue weighted by Crippen LogP contribution is -2.47. The van der Waals surface area contributed by atoms with Crippen molar-refractivity contribution in [2.45, 2.75) is 38.3 Å². The van der Waals surface area contributed by atoms with Crippen molar-refractivity contribution in [1.29, 1.82) is 0 Å². The van der Waals surface area contributed by atoms with E-state index in [4.69, 9.17) is 4.98 Å². The standard InChI is InChI=1S/C22H30N4O3S/c1-30(28,29)26-14-5-13-25(15-12-23-22(27)19-7-4-9-21(19)26)16-18-11-10-17-6-2-3-8-20(17)24-18/h2-3,6,8,10-11,19,21H,4-5,7,9,12-16H2,1H3,(H,23,27). The molecule has 1 saturated heterocycles. The van der Waals surface area contributed by atoms with Crippen LogP contribution in [0, 0.1) is 5.92 Å². The van der Waals surface area contributed by atoms with Gasteiger partial charge in [-0.1, -0.05) is 30.7 Å². The van der Waals surface area contributed by atoms with E-state index in [-0.39, 0.29) is 17.9 Å². The van der Waals surface area contributed by atoms with E-state index >= 15 is 0 Å². The molecule has 2 aromatic rings. The number of benzene rings is 1. The molecule has 2 unspecified atom stereocenters. The van der Waals surface area contributed by atoms with Gasteiger partial charge in [0.2, 0.25) is 15.9 Å². The minimum absolute atomic E-state index is 0.0168. The van der Waals surface area contributed by atoms with Gasteiger partial charge in [-0.25, -0.2) is 8.42 Å². The molecule has 8 heteroatoms. The number of fused-ring (bicyclic) bond motifs is 2. The summed E-state index contributed by atoms with van der Waals surface area (Å²) in [6.45, 7) is 3.17. The summed E-state index contributed by atoms with van der Waals surface area (Å²) in [6, 6.07) is 12.0. The average Bonchev–Trinajstić information content (AvgIpc) is 3.18. The summed E-state index contributed by atoms with van der Waals surface area (Å²) in [5, 5.41) is 4.16. The highest BCUT2D eigenvalue weighted by Crippen LogP contribution is 2.32. The number of nitrogens with one attached hydrogen (secondary N) is 1. The molecule has 2 fully saturated rings. The maximum atomic E-state index is 12.7. The molecule has 2 heterocycles. The fourth-order valence-corrected chi connectivity index (χ4v) is 5.99. The summed E-state index contributed by atoms with van der Waals surface area (Å²) < 4.78 is 26.5. The van der Waals surface area contributed by atoms with Crippen LogP contribution in [0.4, 0.5) is 0 Å². The molecule has 1 aromatic carbocycles. The number of hydrogen-bond donors (Lipinski definition) is 1. The molecule has 7 nitrogen and oxygen atoms in total. The Morgan fingerprint density at radius 1 is 1.07 bits per heavy atom. The number of sulfonamides is 1. The Balaban J connectivity index is 1.50. The zero-order valence-corrected chi connectivity index (χ0v) is 18.3. The van der Waals surface area contributed by atoms with Gasteiger partial charge in [-0.15, -0.1) is 0 Å². The number of hydrogen-bond acceptors (Lipinski definition) is 5. The zero-order valence-electron chi connectivity index (χ0n) is 17.5. The Labute approximate surface area is 178 Å². The van der Waals surface area contributed by atoms with E-state index in [1.54, 1.807) is 4.31 Å². The van der Waals surface area contributed by atoms with E-state index in [0.717, 1.165) is 55.4 Å². The number of carbonyl (C=O) groups is 1. The highest BCUT2D eigenvalue weighted by molar-refractivity contribution is 7.88. The van der Waals surface area contributed by atoms with Crippen LogP contribution >= 0.6 is 0 Å². The first-order valence-corrected chi connectivity index (χ1v) is 12.6. The number of pyridine rings is 1. The Hall–Kier alpha value is -2.03. The third kappa shape index (κ3) is 4.82. The van der Waals surface area contributed by atoms with E-state index in [2.05, 4.69) is 16.3 Å². The Bertz CT molecular complexity index is 1010. The number of aromatic nitrogens is 1. The van der Waals surface area contributed by atoms with E-state index in [0.29, 0.717) is 19.6 Å². The summed E-state index contributed by atoms with van der Waals surface area (Å²) in [5.41, 5.74) is 1.95. The molecule has 162 valence electrons. The SMILES string of the molecule is CS(=O)(=O)N1CCCN(Cc2ccc3ccccc3n2)CCNC(=O)C2CCCC21. The smallest absolute Gasteiger partial charge is 0.224 e. The highest BCUT2D eigenvalue weighted by atomic mass is 32.2. The number of para-hydroxylation sites is 1. The molecule has 0 bridgehead atoms. The lowest BCUT2D eigenvalue weighted by atomic mass is 10.0. The monoisotopic (exact) mass is 430 g/mol. The molecule has 1 aliphatic carbocycles. The first kappa shape index (κ1) is 21.2. The number of carbonyl (C=O) groups excluding carboxylic acids is 1. The van der Waals surface area contributed by atoms with Gasteiger partial charge in [0.25, 0.3) is 0 Å². The lowest BCUT2D eigenvalue weighted by molar-refractivity contribution is -0.125. The van der Waals surface area contributed by atoms with Crippen molar-refractivity contribution in [3.8, 4) is 0 Å². The van der Waals surface area contributed by atoms with Crippen LogP contribution in [-0.4, -0.2) is 67.0 Å². The van der Waals surface area contributed by atoms with E-state index in [1.165, 1.54) is 6.26 Å². The van der Waals surface area contributed by atoms with Gasteiger partial charge in [0.05, 0.1) is 23.4 Å². The third-order valence-electron chi connectivity index (χ3n) is 6.23. The molecular formula is C22H30N4O3S. The van der Waals surface area contributed by atoms with Crippen molar-refractivity contribution in [1.82, 2.24) is 19.5 Å². The van der Waals surface area contributed by atoms with Crippen molar-refractivity contribution < 1.29 is 13.2 Å². The third-order valence-corrected chi connectivity index (χ3v) is 7.54. The average molecular weight is 431 g/mol. The molecule has 1 N–H and O–H groups in total. The maximum absolute atomic E-state index is 12.7. The van der Waals surface area contributed by atoms with Gasteiger partial charge in [-0.3, -0.25) is 14.7 Å². The minimum atomic E-state index is -3.36. The predicted octanol–water partition coefficient (Wildman–Crippen LogP) is 1.99. The molecule has 1 amide bonds. The zero-order chi connectivity index (χ0) is 21.1. The lowest BCUT2D eigenvalue weighted by Gasteiger charge is -2.30. The molecule has 30 heavy (non-hydrogen) atoms. The van der Waals surface area contributed by atoms with Crippen LogP contribution in [0.15, 0.2) is 36.4 Å². The number of rotatable bonds is 3. The summed E-state index contributed by atoms with van der Waals surface area (Å²) in [6.07, 6.45) is 4.41. The molecule has 1 aliphatic heterocycles. The summed E-state index contributed by atoms with van der Waals surface area (Å²) >= 11 is 0. The molecule has 1 saturated carbocycles. The second kappa shape index (κ2) is 8.99. The Morgan fingerprint density at radius 3 is 2.73 bits per heavy atom. The molecular weight excluding hydrogens is 400 g/mol. The van der Waals surface area contributed by atoms with Crippen LogP contribution in [0.5, 0.6) is 0 Å². The van der Waals surface area contributed by atoms with Gasteiger partial charge in [-0.2, -0.15) is 4.31 Å². The van der Waals surface area contributed by atoms with Gasteiger partial charge in [0.1, 0.15) is 0 Å². The van der Waals surface area contributed by atoms with Crippen LogP contribution in [0.3, 0.4) is 0 Å². The first-order valence-electron chi connectivity index (χ1n) is 10.7. The number of amides is 1. The summed E-state index contributed by atoms with van der Waals surface area (Å²) in [4.78, 5) is 19.8. The topological polar surface area (TPSA) is 82.6 Å². The first-order chi connectivity index (χ1) is 14.4. The second-order valence-corrected chi connectivity index (χ2v) is 10.3. The number of nitrogens with zero attached hydrogens (tertiary/aromatic N) is 3. The maximum Gasteiger partial charge on any atom is 0.224 e. The van der Waals surface area contributed by atoms with Crippen molar-refractivity contribution in [3.63, 3.8) is 0 Å². The quantitative estimate of drug-likeness (QED) is 0.805. The van der Waals surface area contributed by atoms with Crippen molar-refractivity contribution in [2.75, 3.05) is 32.4 Å². The van der Waals surface area contributed by atoms with Crippen molar-refractivity contribution >= 4 is 26.8 Å². The van der Waals surface area contributed by atoms with E-state index in [9.17, 15) is 13.2 Å². The van der Waals surface area contributed by atoms with Gasteiger partial charge >= 0.3 is 0 Å². The Kier molecular flexibility index (Phi) is 6.36. The molecule has 1 aromatic heterocycles. The van der Waals surface area contributed by atoms with Gasteiger partial charge in [-0.05, 0) is 37.9 Å². The molecule has 0 radical (unpaired) electrons. The molecule has 2 atom stereocenters. The van der Waals surface area contributed by atoms with E-state index < -0.39 is 10.0 Å². The largest absolute Gasteiger partial charge is 0.355 e. The molecule has 0 spiro atoms. The predicted molar refractivity (Wildman–Crippen MR) is 117 cm³/mol. The summed E-state index contributed by atoms with van der Waals surface area (Å²) in [7, 11) is -3.36. The van der Waals surface area contributed by atoms with Crippen LogP contribution in [0.25, 0.3) is 10.9 Å². The van der Waals surface area contributed by atoms with Crippen LogP contribution in [0.2, 0.25) is 0 Å². The van der Waals surface area contributed by atoms with Crippen LogP contribution in [0.1, 0.15) is 31.4 Å². The van der Waals surface area contributed by atoms with Crippen molar-refractivity contribution in [3.05, 3.63) is 42.1 Å². The molecule has 2 aliphatic rings. The highest BCUT2D eigenvalue weighted by Gasteiger charge is 2.40. The van der Waals surface area contributed by atoms with Crippen LogP contribution in [-0.2, 0) is 21.4 Å². The second-order valence-electron chi connectivity index (χ2n) is 8.39. The van der Waals surface area contributed by atoms with Crippen molar-refractivity contribution in [2.24, 2.45) is 5.92 Å².